The van der Waals surface area contributed by atoms with Gasteiger partial charge in [0.25, 0.3) is 0 Å². The third kappa shape index (κ3) is 67.5. The van der Waals surface area contributed by atoms with Gasteiger partial charge in [-0.15, -0.1) is 23.2 Å². The quantitative estimate of drug-likeness (QED) is 0.0138. The number of unbranched alkanes of at least 4 members (excludes halogenated alkanes) is 36. The van der Waals surface area contributed by atoms with Gasteiger partial charge in [-0.05, 0) is 49.8 Å². The highest BCUT2D eigenvalue weighted by molar-refractivity contribution is 6.18. The number of alkyl halides is 2. The number of anilines is 1. The van der Waals surface area contributed by atoms with Crippen LogP contribution in [0.5, 0.6) is 0 Å². The number of halogens is 2. The Morgan fingerprint density at radius 1 is 0.438 bits per heavy atom. The Kier molecular flexibility index (Phi) is 71.4. The number of hydrogen-bond donors (Lipinski definition) is 7. The van der Waals surface area contributed by atoms with Crippen molar-refractivity contribution in [1.82, 2.24) is 0 Å². The predicted octanol–water partition coefficient (Wildman–Crippen LogP) is 16.5. The molecule has 0 atom stereocenters. The molecule has 524 valence electrons. The van der Waals surface area contributed by atoms with Gasteiger partial charge >= 0.3 is 29.8 Å². The summed E-state index contributed by atoms with van der Waals surface area (Å²) in [4.78, 5) is 59.7. The Hall–Kier alpha value is -3.25. The fraction of sp³-hybridized carbons (Fsp3) is 0.845. The molecule has 18 heteroatoms. The summed E-state index contributed by atoms with van der Waals surface area (Å²) in [6.07, 6.45) is 51.0. The van der Waals surface area contributed by atoms with Crippen LogP contribution >= 0.6 is 23.2 Å². The molecule has 0 aliphatic heterocycles. The van der Waals surface area contributed by atoms with E-state index in [2.05, 4.69) is 31.4 Å². The molecular formula is C71H133Cl2N3O13. The number of nitrogens with two attached hydrogens (primary N) is 2. The molecule has 0 unspecified atom stereocenters. The van der Waals surface area contributed by atoms with Gasteiger partial charge in [-0.1, -0.05) is 264 Å². The summed E-state index contributed by atoms with van der Waals surface area (Å²) in [5.41, 5.74) is 10.8. The summed E-state index contributed by atoms with van der Waals surface area (Å²) in [7, 11) is 0. The maximum Gasteiger partial charge on any atom is 0.317 e. The summed E-state index contributed by atoms with van der Waals surface area (Å²) in [6, 6.07) is 8.14. The number of aliphatic hydroxyl groups excluding tert-OH is 3. The van der Waals surface area contributed by atoms with Crippen LogP contribution < -0.4 is 16.4 Å². The largest absolute Gasteiger partial charge is 0.481 e. The number of rotatable bonds is 60. The molecule has 0 bridgehead atoms. The van der Waals surface area contributed by atoms with Gasteiger partial charge in [-0.25, -0.2) is 0 Å². The number of nitrogens with zero attached hydrogens (tertiary/aromatic N) is 1. The zero-order valence-electron chi connectivity index (χ0n) is 56.6. The Morgan fingerprint density at radius 2 is 0.719 bits per heavy atom. The number of hydrogen-bond acceptors (Lipinski definition) is 14. The van der Waals surface area contributed by atoms with Gasteiger partial charge in [0.1, 0.15) is 13.2 Å². The molecule has 16 nitrogen and oxygen atoms in total. The monoisotopic (exact) mass is 1310 g/mol. The van der Waals surface area contributed by atoms with Gasteiger partial charge in [0.05, 0.1) is 31.9 Å². The molecular weight excluding hydrogens is 1170 g/mol. The Morgan fingerprint density at radius 3 is 0.966 bits per heavy atom. The maximum absolute atomic E-state index is 12.8. The van der Waals surface area contributed by atoms with Gasteiger partial charge in [0.15, 0.2) is 6.10 Å². The number of carboxylic acid groups (broad SMARTS) is 2. The van der Waals surface area contributed by atoms with Gasteiger partial charge in [0, 0.05) is 56.2 Å². The van der Waals surface area contributed by atoms with E-state index in [1.54, 1.807) is 0 Å². The fourth-order valence-electron chi connectivity index (χ4n) is 9.78. The van der Waals surface area contributed by atoms with E-state index < -0.39 is 43.4 Å². The Balaban J connectivity index is -0.00000185. The molecule has 0 aliphatic carbocycles. The first kappa shape index (κ1) is 89.9. The smallest absolute Gasteiger partial charge is 0.317 e. The molecule has 0 saturated carbocycles. The lowest BCUT2D eigenvalue weighted by Gasteiger charge is -2.23. The van der Waals surface area contributed by atoms with E-state index in [1.807, 2.05) is 24.3 Å². The van der Waals surface area contributed by atoms with Crippen LogP contribution in [0.3, 0.4) is 0 Å². The van der Waals surface area contributed by atoms with Gasteiger partial charge in [-0.3, -0.25) is 24.0 Å². The van der Waals surface area contributed by atoms with E-state index in [-0.39, 0.29) is 44.1 Å². The highest BCUT2D eigenvalue weighted by atomic mass is 35.5. The number of aliphatic carboxylic acids is 2. The van der Waals surface area contributed by atoms with E-state index >= 15 is 0 Å². The molecule has 0 radical (unpaired) electrons. The molecule has 0 saturated heterocycles. The number of aryl methyl sites for hydroxylation is 1. The van der Waals surface area contributed by atoms with Crippen LogP contribution in [0.25, 0.3) is 0 Å². The van der Waals surface area contributed by atoms with Crippen molar-refractivity contribution in [2.75, 3.05) is 69.3 Å². The van der Waals surface area contributed by atoms with Gasteiger partial charge in [0.2, 0.25) is 0 Å². The standard InChI is InChI=1S/C51H98O6.C14H19Cl2NO2.C4H11NO3.C2H5NO2/c1-4-7-10-13-16-19-22-25-28-31-34-37-40-43-49(52)55-46-48(57-51(54)45-42-39-36-33-30-27-24-21-18-15-12-9-6-3)47-56-50(53)44-41-38-35-32-29-26-23-20-17-14-11-8-5-2;15-8-10-17(11-9-16)13-6-4-12(5-7-13)2-1-3-14(18)19;5-4(1-6,2-7)3-8;3-1-2(4)5/h48H,4-47H2,1-3H3;4-7H,1-3,8-11H2,(H,18,19);6-8H,1-3,5H2;1,3H2,(H,4,5). The normalized spacial score (nSPS) is 11.0. The van der Waals surface area contributed by atoms with Crippen molar-refractivity contribution in [1.29, 1.82) is 0 Å². The summed E-state index contributed by atoms with van der Waals surface area (Å²) in [5, 5.41) is 41.2. The van der Waals surface area contributed by atoms with Crippen molar-refractivity contribution in [3.63, 3.8) is 0 Å². The lowest BCUT2D eigenvalue weighted by Crippen LogP contribution is -2.50. The third-order valence-corrected chi connectivity index (χ3v) is 15.9. The van der Waals surface area contributed by atoms with E-state index in [4.69, 9.17) is 68.7 Å². The van der Waals surface area contributed by atoms with Crippen molar-refractivity contribution >= 4 is 58.7 Å². The number of aliphatic hydroxyl groups is 3. The van der Waals surface area contributed by atoms with Crippen LogP contribution in [0, 0.1) is 0 Å². The summed E-state index contributed by atoms with van der Waals surface area (Å²) in [6.45, 7) is 6.73. The number of carboxylic acids is 2. The molecule has 89 heavy (non-hydrogen) atoms. The minimum Gasteiger partial charge on any atom is -0.481 e. The number of ether oxygens (including phenoxy) is 3. The van der Waals surface area contributed by atoms with E-state index in [0.29, 0.717) is 37.4 Å². The molecule has 0 heterocycles. The first-order chi connectivity index (χ1) is 43.1. The minimum atomic E-state index is -1.21. The van der Waals surface area contributed by atoms with Crippen LogP contribution in [0.2, 0.25) is 0 Å². The second kappa shape index (κ2) is 70.6. The number of esters is 3. The van der Waals surface area contributed by atoms with Crippen LogP contribution in [-0.2, 0) is 44.6 Å². The Bertz CT molecular complexity index is 1650. The van der Waals surface area contributed by atoms with Crippen molar-refractivity contribution in [3.05, 3.63) is 29.8 Å². The summed E-state index contributed by atoms with van der Waals surface area (Å²) < 4.78 is 16.8. The molecule has 1 aromatic rings. The predicted molar refractivity (Wildman–Crippen MR) is 368 cm³/mol. The van der Waals surface area contributed by atoms with Crippen LogP contribution in [0.4, 0.5) is 5.69 Å². The topological polar surface area (TPSA) is 269 Å². The zero-order valence-corrected chi connectivity index (χ0v) is 58.1. The minimum absolute atomic E-state index is 0.0619. The molecule has 0 aromatic heterocycles. The molecule has 1 rings (SSSR count). The summed E-state index contributed by atoms with van der Waals surface area (Å²) >= 11 is 11.5. The number of carbonyl (C=O) groups excluding carboxylic acids is 3. The number of carbonyl (C=O) groups is 5. The first-order valence-electron chi connectivity index (χ1n) is 35.4. The second-order valence-corrected chi connectivity index (χ2v) is 24.9. The maximum atomic E-state index is 12.8. The highest BCUT2D eigenvalue weighted by Gasteiger charge is 2.21. The van der Waals surface area contributed by atoms with Crippen molar-refractivity contribution in [2.45, 2.75) is 321 Å². The molecule has 0 fully saturated rings. The Labute approximate surface area is 551 Å². The molecule has 0 aliphatic rings. The van der Waals surface area contributed by atoms with E-state index in [1.165, 1.54) is 193 Å². The van der Waals surface area contributed by atoms with Crippen molar-refractivity contribution in [3.8, 4) is 0 Å². The van der Waals surface area contributed by atoms with Crippen LogP contribution in [0.1, 0.15) is 309 Å². The van der Waals surface area contributed by atoms with E-state index in [0.717, 1.165) is 88.5 Å². The third-order valence-electron chi connectivity index (χ3n) is 15.6. The molecule has 1 aromatic carbocycles. The number of benzene rings is 1. The summed E-state index contributed by atoms with van der Waals surface area (Å²) in [5.74, 6) is -1.42. The SMILES string of the molecule is CCCCCCCCCCCCCCCC(=O)OCC(COC(=O)CCCCCCCCCCCCCCC)OC(=O)CCCCCCCCCCCCCCC.NC(CO)(CO)CO.NCC(=O)O.O=C(O)CCCc1ccc(N(CCCl)CCCl)cc1. The van der Waals surface area contributed by atoms with Crippen molar-refractivity contribution < 1.29 is 63.7 Å². The average molecular weight is 1310 g/mol. The second-order valence-electron chi connectivity index (χ2n) is 24.2. The molecule has 0 spiro atoms. The van der Waals surface area contributed by atoms with Gasteiger partial charge < -0.3 is 56.1 Å². The van der Waals surface area contributed by atoms with Crippen LogP contribution in [0.15, 0.2) is 24.3 Å². The molecule has 0 amide bonds. The average Bonchev–Trinajstić information content (AvgIpc) is 3.74. The van der Waals surface area contributed by atoms with E-state index in [9.17, 15) is 24.0 Å². The van der Waals surface area contributed by atoms with Crippen molar-refractivity contribution in [2.24, 2.45) is 11.5 Å². The lowest BCUT2D eigenvalue weighted by atomic mass is 10.0. The van der Waals surface area contributed by atoms with Gasteiger partial charge in [-0.2, -0.15) is 0 Å². The van der Waals surface area contributed by atoms with Crippen LogP contribution in [-0.4, -0.2) is 131 Å². The fourth-order valence-corrected chi connectivity index (χ4v) is 10.2. The highest BCUT2D eigenvalue weighted by Crippen LogP contribution is 2.19. The lowest BCUT2D eigenvalue weighted by molar-refractivity contribution is -0.167. The zero-order chi connectivity index (χ0) is 66.5. The first-order valence-corrected chi connectivity index (χ1v) is 36.4. The molecule has 9 N–H and O–H groups in total.